The topological polar surface area (TPSA) is 65.6 Å². The van der Waals surface area contributed by atoms with E-state index in [0.29, 0.717) is 18.2 Å². The molecule has 1 aliphatic rings. The Bertz CT molecular complexity index is 655. The lowest BCUT2D eigenvalue weighted by molar-refractivity contribution is 0.214. The van der Waals surface area contributed by atoms with Crippen LogP contribution in [0.15, 0.2) is 28.8 Å². The second-order valence-electron chi connectivity index (χ2n) is 7.01. The predicted molar refractivity (Wildman–Crippen MR) is 88.6 cm³/mol. The average molecular weight is 316 g/mol. The fourth-order valence-corrected chi connectivity index (χ4v) is 2.69. The van der Waals surface area contributed by atoms with Crippen LogP contribution in [0.2, 0.25) is 0 Å². The van der Waals surface area contributed by atoms with Gasteiger partial charge in [-0.2, -0.15) is 4.98 Å². The lowest BCUT2D eigenvalue weighted by Crippen LogP contribution is -2.46. The summed E-state index contributed by atoms with van der Waals surface area (Å²) in [5.74, 6) is 1.76. The van der Waals surface area contributed by atoms with Gasteiger partial charge >= 0.3 is 0 Å². The molecule has 0 bridgehead atoms. The van der Waals surface area contributed by atoms with E-state index in [-0.39, 0.29) is 5.41 Å². The molecule has 0 amide bonds. The van der Waals surface area contributed by atoms with E-state index in [1.807, 2.05) is 18.2 Å². The maximum atomic E-state index is 9.95. The Morgan fingerprint density at radius 3 is 2.43 bits per heavy atom. The first kappa shape index (κ1) is 15.8. The van der Waals surface area contributed by atoms with Crippen LogP contribution in [0.1, 0.15) is 32.5 Å². The molecule has 23 heavy (non-hydrogen) atoms. The van der Waals surface area contributed by atoms with Crippen LogP contribution < -0.4 is 4.90 Å². The van der Waals surface area contributed by atoms with Gasteiger partial charge in [0.25, 0.3) is 0 Å². The van der Waals surface area contributed by atoms with Crippen molar-refractivity contribution in [2.24, 2.45) is 0 Å². The smallest absolute Gasteiger partial charge is 0.240 e. The molecule has 1 aromatic heterocycles. The van der Waals surface area contributed by atoms with E-state index in [2.05, 4.69) is 40.7 Å². The van der Waals surface area contributed by atoms with Crippen LogP contribution in [0, 0.1) is 0 Å². The summed E-state index contributed by atoms with van der Waals surface area (Å²) < 4.78 is 5.37. The summed E-state index contributed by atoms with van der Waals surface area (Å²) in [6, 6.07) is 7.48. The van der Waals surface area contributed by atoms with Gasteiger partial charge < -0.3 is 14.5 Å². The molecule has 1 N–H and O–H groups in total. The maximum Gasteiger partial charge on any atom is 0.240 e. The summed E-state index contributed by atoms with van der Waals surface area (Å²) in [6.45, 7) is 10.5. The highest BCUT2D eigenvalue weighted by atomic mass is 16.5. The normalized spacial score (nSPS) is 16.7. The molecule has 6 heteroatoms. The van der Waals surface area contributed by atoms with Crippen LogP contribution >= 0.6 is 0 Å². The first-order valence-electron chi connectivity index (χ1n) is 8.02. The quantitative estimate of drug-likeness (QED) is 0.938. The van der Waals surface area contributed by atoms with Gasteiger partial charge in [0, 0.05) is 31.6 Å². The Hall–Kier alpha value is -2.08. The number of hydrogen-bond acceptors (Lipinski definition) is 6. The number of nitrogens with zero attached hydrogens (tertiary/aromatic N) is 4. The van der Waals surface area contributed by atoms with E-state index < -0.39 is 0 Å². The number of piperazine rings is 1. The lowest BCUT2D eigenvalue weighted by atomic mass is 9.96. The highest BCUT2D eigenvalue weighted by molar-refractivity contribution is 5.57. The van der Waals surface area contributed by atoms with Gasteiger partial charge in [-0.05, 0) is 12.1 Å². The number of para-hydroxylation sites is 2. The minimum atomic E-state index is -0.0920. The molecule has 0 aliphatic carbocycles. The fraction of sp³-hybridized carbons (Fsp3) is 0.529. The first-order chi connectivity index (χ1) is 10.9. The highest BCUT2D eigenvalue weighted by Gasteiger charge is 2.24. The standard InChI is InChI=1S/C17H24N4O2/c1-17(2,3)16-18-15(23-19-16)12-20-8-10-21(11-9-20)13-6-4-5-7-14(13)22/h4-7,22H,8-12H2,1-3H3. The maximum absolute atomic E-state index is 9.95. The zero-order valence-corrected chi connectivity index (χ0v) is 14.0. The molecule has 0 radical (unpaired) electrons. The van der Waals surface area contributed by atoms with E-state index in [4.69, 9.17) is 4.52 Å². The number of hydrogen-bond donors (Lipinski definition) is 1. The van der Waals surface area contributed by atoms with Crippen molar-refractivity contribution in [1.29, 1.82) is 0 Å². The monoisotopic (exact) mass is 316 g/mol. The third-order valence-electron chi connectivity index (χ3n) is 4.09. The number of benzene rings is 1. The molecule has 0 unspecified atom stereocenters. The van der Waals surface area contributed by atoms with Gasteiger partial charge in [-0.1, -0.05) is 38.1 Å². The molecule has 2 aromatic rings. The van der Waals surface area contributed by atoms with E-state index >= 15 is 0 Å². The summed E-state index contributed by atoms with van der Waals surface area (Å²) in [5.41, 5.74) is 0.811. The largest absolute Gasteiger partial charge is 0.506 e. The number of aromatic hydroxyl groups is 1. The molecule has 1 aromatic carbocycles. The molecular formula is C17H24N4O2. The zero-order valence-electron chi connectivity index (χ0n) is 14.0. The second kappa shape index (κ2) is 6.20. The third-order valence-corrected chi connectivity index (χ3v) is 4.09. The van der Waals surface area contributed by atoms with E-state index in [1.54, 1.807) is 6.07 Å². The van der Waals surface area contributed by atoms with Crippen LogP contribution in [0.3, 0.4) is 0 Å². The number of rotatable bonds is 3. The summed E-state index contributed by atoms with van der Waals surface area (Å²) in [5, 5.41) is 14.0. The minimum Gasteiger partial charge on any atom is -0.506 e. The van der Waals surface area contributed by atoms with Crippen LogP contribution in [0.5, 0.6) is 5.75 Å². The molecule has 3 rings (SSSR count). The van der Waals surface area contributed by atoms with Gasteiger partial charge in [0.15, 0.2) is 5.82 Å². The van der Waals surface area contributed by atoms with Crippen molar-refractivity contribution < 1.29 is 9.63 Å². The van der Waals surface area contributed by atoms with Crippen molar-refractivity contribution in [3.05, 3.63) is 36.0 Å². The van der Waals surface area contributed by atoms with E-state index in [1.165, 1.54) is 0 Å². The van der Waals surface area contributed by atoms with Crippen molar-refractivity contribution in [3.8, 4) is 5.75 Å². The van der Waals surface area contributed by atoms with Gasteiger partial charge in [0.05, 0.1) is 12.2 Å². The molecule has 1 aliphatic heterocycles. The van der Waals surface area contributed by atoms with E-state index in [9.17, 15) is 5.11 Å². The molecule has 0 spiro atoms. The first-order valence-corrected chi connectivity index (χ1v) is 8.02. The molecular weight excluding hydrogens is 292 g/mol. The van der Waals surface area contributed by atoms with Gasteiger partial charge in [0.2, 0.25) is 5.89 Å². The van der Waals surface area contributed by atoms with Gasteiger partial charge in [-0.3, -0.25) is 4.90 Å². The van der Waals surface area contributed by atoms with Crippen LogP contribution in [-0.4, -0.2) is 46.3 Å². The van der Waals surface area contributed by atoms with Crippen molar-refractivity contribution in [3.63, 3.8) is 0 Å². The Kier molecular flexibility index (Phi) is 4.26. The Labute approximate surface area is 136 Å². The zero-order chi connectivity index (χ0) is 16.4. The molecule has 1 saturated heterocycles. The van der Waals surface area contributed by atoms with Crippen molar-refractivity contribution >= 4 is 5.69 Å². The summed E-state index contributed by atoms with van der Waals surface area (Å²) in [6.07, 6.45) is 0. The lowest BCUT2D eigenvalue weighted by Gasteiger charge is -2.35. The predicted octanol–water partition coefficient (Wildman–Crippen LogP) is 2.39. The number of aromatic nitrogens is 2. The fourth-order valence-electron chi connectivity index (χ4n) is 2.69. The molecule has 1 fully saturated rings. The SMILES string of the molecule is CC(C)(C)c1noc(CN2CCN(c3ccccc3O)CC2)n1. The Morgan fingerprint density at radius 2 is 1.83 bits per heavy atom. The van der Waals surface area contributed by atoms with Gasteiger partial charge in [-0.25, -0.2) is 0 Å². The highest BCUT2D eigenvalue weighted by Crippen LogP contribution is 2.27. The van der Waals surface area contributed by atoms with Crippen LogP contribution in [-0.2, 0) is 12.0 Å². The summed E-state index contributed by atoms with van der Waals surface area (Å²) in [7, 11) is 0. The summed E-state index contributed by atoms with van der Waals surface area (Å²) >= 11 is 0. The van der Waals surface area contributed by atoms with Crippen molar-refractivity contribution in [2.45, 2.75) is 32.7 Å². The molecule has 0 saturated carbocycles. The summed E-state index contributed by atoms with van der Waals surface area (Å²) in [4.78, 5) is 9.00. The molecule has 0 atom stereocenters. The van der Waals surface area contributed by atoms with Crippen LogP contribution in [0.4, 0.5) is 5.69 Å². The Morgan fingerprint density at radius 1 is 1.13 bits per heavy atom. The average Bonchev–Trinajstić information content (AvgIpc) is 2.97. The molecule has 124 valence electrons. The number of phenolic OH excluding ortho intramolecular Hbond substituents is 1. The molecule has 6 nitrogen and oxygen atoms in total. The van der Waals surface area contributed by atoms with Crippen molar-refractivity contribution in [2.75, 3.05) is 31.1 Å². The van der Waals surface area contributed by atoms with Gasteiger partial charge in [0.1, 0.15) is 5.75 Å². The number of phenols is 1. The van der Waals surface area contributed by atoms with E-state index in [0.717, 1.165) is 37.7 Å². The van der Waals surface area contributed by atoms with Gasteiger partial charge in [-0.15, -0.1) is 0 Å². The van der Waals surface area contributed by atoms with Crippen LogP contribution in [0.25, 0.3) is 0 Å². The second-order valence-corrected chi connectivity index (χ2v) is 7.01. The third kappa shape index (κ3) is 3.64. The van der Waals surface area contributed by atoms with Crippen molar-refractivity contribution in [1.82, 2.24) is 15.0 Å². The Balaban J connectivity index is 1.57. The minimum absolute atomic E-state index is 0.0920. The molecule has 2 heterocycles. The number of anilines is 1.